The summed E-state index contributed by atoms with van der Waals surface area (Å²) in [6.07, 6.45) is 1.62. The Bertz CT molecular complexity index is 814. The first-order chi connectivity index (χ1) is 11.6. The second-order valence-corrected chi connectivity index (χ2v) is 6.16. The van der Waals surface area contributed by atoms with E-state index in [0.717, 1.165) is 22.9 Å². The number of benzene rings is 2. The Hall–Kier alpha value is -2.86. The Morgan fingerprint density at radius 1 is 1.04 bits per heavy atom. The number of amides is 3. The Morgan fingerprint density at radius 2 is 1.75 bits per heavy atom. The zero-order valence-electron chi connectivity index (χ0n) is 12.6. The molecule has 3 rings (SSSR count). The van der Waals surface area contributed by atoms with Gasteiger partial charge in [-0.2, -0.15) is 0 Å². The zero-order chi connectivity index (χ0) is 16.9. The maximum Gasteiger partial charge on any atom is 0.290 e. The van der Waals surface area contributed by atoms with Gasteiger partial charge in [-0.3, -0.25) is 19.7 Å². The van der Waals surface area contributed by atoms with Crippen LogP contribution in [-0.2, 0) is 11.3 Å². The largest absolute Gasteiger partial charge is 0.348 e. The van der Waals surface area contributed by atoms with Gasteiger partial charge in [0.25, 0.3) is 17.1 Å². The number of rotatable bonds is 4. The van der Waals surface area contributed by atoms with Crippen LogP contribution in [0.2, 0.25) is 0 Å². The molecule has 2 aromatic carbocycles. The molecule has 2 aromatic rings. The summed E-state index contributed by atoms with van der Waals surface area (Å²) in [7, 11) is 0. The second-order valence-electron chi connectivity index (χ2n) is 5.14. The summed E-state index contributed by atoms with van der Waals surface area (Å²) >= 11 is 0.867. The fraction of sp³-hybridized carbons (Fsp3) is 0.0556. The minimum Gasteiger partial charge on any atom is -0.348 e. The molecule has 0 spiro atoms. The molecule has 2 N–H and O–H groups in total. The lowest BCUT2D eigenvalue weighted by Crippen LogP contribution is -2.22. The summed E-state index contributed by atoms with van der Waals surface area (Å²) in [5, 5.41) is 4.68. The molecule has 3 amide bonds. The van der Waals surface area contributed by atoms with E-state index < -0.39 is 5.91 Å². The standard InChI is InChI=1S/C18H14N2O3S/c21-16(19-11-13-4-2-1-3-5-13)14-8-6-12(7-9-14)10-15-17(22)20-18(23)24-15/h1-10H,11H2,(H,19,21)(H,20,22,23). The van der Waals surface area contributed by atoms with Crippen LogP contribution in [0.4, 0.5) is 4.79 Å². The summed E-state index contributed by atoms with van der Waals surface area (Å²) in [4.78, 5) is 35.1. The van der Waals surface area contributed by atoms with Crippen LogP contribution >= 0.6 is 11.8 Å². The van der Waals surface area contributed by atoms with Gasteiger partial charge in [-0.05, 0) is 41.1 Å². The molecule has 0 unspecified atom stereocenters. The van der Waals surface area contributed by atoms with Crippen molar-refractivity contribution in [3.8, 4) is 0 Å². The number of nitrogens with one attached hydrogen (secondary N) is 2. The number of hydrogen-bond acceptors (Lipinski definition) is 4. The summed E-state index contributed by atoms with van der Waals surface area (Å²) in [6.45, 7) is 0.463. The van der Waals surface area contributed by atoms with Gasteiger partial charge >= 0.3 is 0 Å². The zero-order valence-corrected chi connectivity index (χ0v) is 13.4. The average Bonchev–Trinajstić information content (AvgIpc) is 2.91. The first-order valence-corrected chi connectivity index (χ1v) is 8.10. The fourth-order valence-corrected chi connectivity index (χ4v) is 2.87. The van der Waals surface area contributed by atoms with E-state index in [-0.39, 0.29) is 11.1 Å². The van der Waals surface area contributed by atoms with Gasteiger partial charge in [0.05, 0.1) is 4.91 Å². The van der Waals surface area contributed by atoms with Crippen LogP contribution in [0.25, 0.3) is 6.08 Å². The summed E-state index contributed by atoms with van der Waals surface area (Å²) in [5.74, 6) is -0.559. The van der Waals surface area contributed by atoms with Crippen LogP contribution in [0.5, 0.6) is 0 Å². The third-order valence-electron chi connectivity index (χ3n) is 3.41. The molecule has 1 fully saturated rings. The minimum atomic E-state index is -0.394. The maximum atomic E-state index is 12.1. The van der Waals surface area contributed by atoms with E-state index in [0.29, 0.717) is 17.0 Å². The van der Waals surface area contributed by atoms with E-state index in [1.807, 2.05) is 30.3 Å². The van der Waals surface area contributed by atoms with Crippen LogP contribution in [0.1, 0.15) is 21.5 Å². The van der Waals surface area contributed by atoms with E-state index in [1.165, 1.54) is 0 Å². The lowest BCUT2D eigenvalue weighted by Gasteiger charge is -2.05. The highest BCUT2D eigenvalue weighted by atomic mass is 32.2. The first-order valence-electron chi connectivity index (χ1n) is 7.29. The monoisotopic (exact) mass is 338 g/mol. The van der Waals surface area contributed by atoms with Crippen LogP contribution < -0.4 is 10.6 Å². The molecule has 1 aliphatic heterocycles. The number of thioether (sulfide) groups is 1. The minimum absolute atomic E-state index is 0.166. The molecule has 0 saturated carbocycles. The fourth-order valence-electron chi connectivity index (χ4n) is 2.18. The Balaban J connectivity index is 1.64. The molecule has 0 aromatic heterocycles. The molecule has 0 atom stereocenters. The number of hydrogen-bond donors (Lipinski definition) is 2. The van der Waals surface area contributed by atoms with Crippen molar-refractivity contribution in [1.29, 1.82) is 0 Å². The number of carbonyl (C=O) groups is 3. The van der Waals surface area contributed by atoms with E-state index in [1.54, 1.807) is 30.3 Å². The predicted molar refractivity (Wildman–Crippen MR) is 93.2 cm³/mol. The quantitative estimate of drug-likeness (QED) is 0.841. The predicted octanol–water partition coefficient (Wildman–Crippen LogP) is 2.94. The van der Waals surface area contributed by atoms with Gasteiger partial charge in [0, 0.05) is 12.1 Å². The second kappa shape index (κ2) is 7.14. The molecule has 1 aliphatic rings. The van der Waals surface area contributed by atoms with Gasteiger partial charge in [0.1, 0.15) is 0 Å². The first kappa shape index (κ1) is 16.0. The summed E-state index contributed by atoms with van der Waals surface area (Å²) in [5.41, 5.74) is 2.32. The molecular weight excluding hydrogens is 324 g/mol. The van der Waals surface area contributed by atoms with Crippen molar-refractivity contribution in [2.24, 2.45) is 0 Å². The van der Waals surface area contributed by atoms with Gasteiger partial charge in [-0.1, -0.05) is 42.5 Å². The molecule has 1 heterocycles. The van der Waals surface area contributed by atoms with Crippen molar-refractivity contribution in [2.45, 2.75) is 6.54 Å². The van der Waals surface area contributed by atoms with E-state index >= 15 is 0 Å². The van der Waals surface area contributed by atoms with Crippen molar-refractivity contribution in [2.75, 3.05) is 0 Å². The third-order valence-corrected chi connectivity index (χ3v) is 4.22. The molecule has 5 nitrogen and oxygen atoms in total. The molecule has 0 bridgehead atoms. The van der Waals surface area contributed by atoms with Crippen molar-refractivity contribution >= 4 is 34.9 Å². The van der Waals surface area contributed by atoms with Gasteiger partial charge in [0.15, 0.2) is 0 Å². The van der Waals surface area contributed by atoms with Crippen molar-refractivity contribution in [3.05, 3.63) is 76.2 Å². The van der Waals surface area contributed by atoms with E-state index in [4.69, 9.17) is 0 Å². The third kappa shape index (κ3) is 3.91. The number of carbonyl (C=O) groups excluding carboxylic acids is 3. The molecule has 6 heteroatoms. The highest BCUT2D eigenvalue weighted by Crippen LogP contribution is 2.25. The topological polar surface area (TPSA) is 75.3 Å². The Labute approximate surface area is 143 Å². The molecule has 1 saturated heterocycles. The van der Waals surface area contributed by atoms with Crippen LogP contribution in [0.15, 0.2) is 59.5 Å². The van der Waals surface area contributed by atoms with Gasteiger partial charge in [-0.25, -0.2) is 0 Å². The number of imide groups is 1. The lowest BCUT2D eigenvalue weighted by atomic mass is 10.1. The molecule has 24 heavy (non-hydrogen) atoms. The van der Waals surface area contributed by atoms with Gasteiger partial charge in [0.2, 0.25) is 0 Å². The SMILES string of the molecule is O=C1NC(=O)C(=Cc2ccc(C(=O)NCc3ccccc3)cc2)S1. The van der Waals surface area contributed by atoms with Gasteiger partial charge < -0.3 is 5.32 Å². The smallest absolute Gasteiger partial charge is 0.290 e. The highest BCUT2D eigenvalue weighted by molar-refractivity contribution is 8.18. The highest BCUT2D eigenvalue weighted by Gasteiger charge is 2.24. The summed E-state index contributed by atoms with van der Waals surface area (Å²) < 4.78 is 0. The average molecular weight is 338 g/mol. The van der Waals surface area contributed by atoms with Crippen molar-refractivity contribution < 1.29 is 14.4 Å². The van der Waals surface area contributed by atoms with Gasteiger partial charge in [-0.15, -0.1) is 0 Å². The molecular formula is C18H14N2O3S. The van der Waals surface area contributed by atoms with Crippen LogP contribution in [-0.4, -0.2) is 17.1 Å². The molecule has 0 aliphatic carbocycles. The molecule has 0 radical (unpaired) electrons. The Kier molecular flexibility index (Phi) is 4.77. The Morgan fingerprint density at radius 3 is 2.38 bits per heavy atom. The van der Waals surface area contributed by atoms with Crippen LogP contribution in [0, 0.1) is 0 Å². The normalized spacial score (nSPS) is 15.4. The van der Waals surface area contributed by atoms with Crippen molar-refractivity contribution in [1.82, 2.24) is 10.6 Å². The summed E-state index contributed by atoms with van der Waals surface area (Å²) in [6, 6.07) is 16.5. The van der Waals surface area contributed by atoms with E-state index in [9.17, 15) is 14.4 Å². The van der Waals surface area contributed by atoms with Crippen molar-refractivity contribution in [3.63, 3.8) is 0 Å². The van der Waals surface area contributed by atoms with E-state index in [2.05, 4.69) is 10.6 Å². The lowest BCUT2D eigenvalue weighted by molar-refractivity contribution is -0.115. The molecule has 120 valence electrons. The maximum absolute atomic E-state index is 12.1. The van der Waals surface area contributed by atoms with Crippen LogP contribution in [0.3, 0.4) is 0 Å².